The Hall–Kier alpha value is -1.31. The van der Waals surface area contributed by atoms with Crippen molar-refractivity contribution in [1.29, 1.82) is 0 Å². The molecule has 2 rings (SSSR count). The van der Waals surface area contributed by atoms with Crippen molar-refractivity contribution in [3.63, 3.8) is 0 Å². The smallest absolute Gasteiger partial charge is 0.340 e. The van der Waals surface area contributed by atoms with Crippen LogP contribution in [-0.2, 0) is 19.4 Å². The van der Waals surface area contributed by atoms with Crippen LogP contribution in [0.1, 0.15) is 16.8 Å². The average Bonchev–Trinajstić information content (AvgIpc) is 2.86. The molecule has 0 radical (unpaired) electrons. The van der Waals surface area contributed by atoms with E-state index in [0.717, 1.165) is 0 Å². The Morgan fingerprint density at radius 2 is 2.04 bits per heavy atom. The van der Waals surface area contributed by atoms with E-state index in [1.807, 2.05) is 0 Å². The van der Waals surface area contributed by atoms with E-state index in [9.17, 15) is 18.0 Å². The minimum Gasteiger partial charge on any atom is -0.452 e. The molecule has 0 aliphatic carbocycles. The van der Waals surface area contributed by atoms with Crippen LogP contribution in [0.15, 0.2) is 18.2 Å². The molecule has 6 nitrogen and oxygen atoms in total. The second kappa shape index (κ2) is 7.07. The number of amides is 1. The number of rotatable bonds is 4. The summed E-state index contributed by atoms with van der Waals surface area (Å²) in [5, 5.41) is 0.266. The number of nitrogens with zero attached hydrogens (tertiary/aromatic N) is 1. The lowest BCUT2D eigenvalue weighted by Crippen LogP contribution is -2.40. The quantitative estimate of drug-likeness (QED) is 0.744. The Morgan fingerprint density at radius 1 is 1.35 bits per heavy atom. The molecular weight excluding hydrogens is 365 g/mol. The molecule has 1 heterocycles. The molecule has 0 saturated carbocycles. The van der Waals surface area contributed by atoms with E-state index in [-0.39, 0.29) is 33.2 Å². The molecule has 9 heteroatoms. The number of benzene rings is 1. The number of hydrogen-bond acceptors (Lipinski definition) is 5. The van der Waals surface area contributed by atoms with Gasteiger partial charge in [-0.05, 0) is 18.6 Å². The summed E-state index contributed by atoms with van der Waals surface area (Å²) in [6, 6.07) is 4.12. The van der Waals surface area contributed by atoms with Crippen molar-refractivity contribution in [3.8, 4) is 0 Å². The zero-order valence-corrected chi connectivity index (χ0v) is 14.6. The fourth-order valence-electron chi connectivity index (χ4n) is 2.25. The first-order chi connectivity index (χ1) is 10.7. The fourth-order valence-corrected chi connectivity index (χ4v) is 4.40. The first-order valence-corrected chi connectivity index (χ1v) is 9.36. The second-order valence-electron chi connectivity index (χ2n) is 5.24. The normalized spacial score (nSPS) is 19.3. The highest BCUT2D eigenvalue weighted by Gasteiger charge is 2.33. The molecule has 1 atom stereocenters. The van der Waals surface area contributed by atoms with Crippen LogP contribution < -0.4 is 0 Å². The summed E-state index contributed by atoms with van der Waals surface area (Å²) in [5.74, 6) is -1.24. The molecule has 23 heavy (non-hydrogen) atoms. The molecule has 0 N–H and O–H groups in total. The summed E-state index contributed by atoms with van der Waals surface area (Å²) >= 11 is 11.7. The van der Waals surface area contributed by atoms with Gasteiger partial charge in [0.05, 0.1) is 27.1 Å². The Morgan fingerprint density at radius 3 is 2.65 bits per heavy atom. The van der Waals surface area contributed by atoms with Gasteiger partial charge < -0.3 is 9.64 Å². The van der Waals surface area contributed by atoms with Gasteiger partial charge in [0.1, 0.15) is 0 Å². The SMILES string of the molecule is CN(C(=O)COC(=O)c1cccc(Cl)c1Cl)[C@@H]1CCS(=O)(=O)C1. The van der Waals surface area contributed by atoms with Crippen LogP contribution in [0.5, 0.6) is 0 Å². The molecule has 1 aromatic rings. The number of carbonyl (C=O) groups excluding carboxylic acids is 2. The monoisotopic (exact) mass is 379 g/mol. The summed E-state index contributed by atoms with van der Waals surface area (Å²) in [7, 11) is -1.60. The van der Waals surface area contributed by atoms with Gasteiger partial charge in [0.25, 0.3) is 5.91 Å². The zero-order chi connectivity index (χ0) is 17.2. The number of halogens is 2. The predicted molar refractivity (Wildman–Crippen MR) is 86.6 cm³/mol. The largest absolute Gasteiger partial charge is 0.452 e. The van der Waals surface area contributed by atoms with Crippen LogP contribution in [0.25, 0.3) is 0 Å². The molecule has 1 saturated heterocycles. The van der Waals surface area contributed by atoms with E-state index in [1.165, 1.54) is 24.1 Å². The summed E-state index contributed by atoms with van der Waals surface area (Å²) in [6.07, 6.45) is 0.388. The molecule has 0 bridgehead atoms. The van der Waals surface area contributed by atoms with Gasteiger partial charge in [0.2, 0.25) is 0 Å². The maximum atomic E-state index is 12.0. The molecule has 1 amide bonds. The minimum atomic E-state index is -3.09. The van der Waals surface area contributed by atoms with Crippen LogP contribution in [0.4, 0.5) is 0 Å². The summed E-state index contributed by atoms with van der Waals surface area (Å²) in [4.78, 5) is 25.3. The molecule has 1 aliphatic heterocycles. The zero-order valence-electron chi connectivity index (χ0n) is 12.3. The lowest BCUT2D eigenvalue weighted by atomic mass is 10.2. The third-order valence-corrected chi connectivity index (χ3v) is 6.22. The van der Waals surface area contributed by atoms with E-state index < -0.39 is 28.3 Å². The highest BCUT2D eigenvalue weighted by Crippen LogP contribution is 2.26. The molecule has 0 spiro atoms. The highest BCUT2D eigenvalue weighted by molar-refractivity contribution is 7.91. The van der Waals surface area contributed by atoms with Gasteiger partial charge in [-0.15, -0.1) is 0 Å². The highest BCUT2D eigenvalue weighted by atomic mass is 35.5. The van der Waals surface area contributed by atoms with E-state index in [2.05, 4.69) is 0 Å². The summed E-state index contributed by atoms with van der Waals surface area (Å²) < 4.78 is 27.8. The van der Waals surface area contributed by atoms with Gasteiger partial charge in [-0.2, -0.15) is 0 Å². The Kier molecular flexibility index (Phi) is 5.54. The van der Waals surface area contributed by atoms with Crippen LogP contribution in [-0.4, -0.2) is 56.4 Å². The maximum absolute atomic E-state index is 12.0. The van der Waals surface area contributed by atoms with E-state index in [0.29, 0.717) is 6.42 Å². The van der Waals surface area contributed by atoms with Crippen molar-refractivity contribution in [3.05, 3.63) is 33.8 Å². The number of sulfone groups is 1. The number of carbonyl (C=O) groups is 2. The van der Waals surface area contributed by atoms with E-state index in [1.54, 1.807) is 6.07 Å². The van der Waals surface area contributed by atoms with Crippen molar-refractivity contribution >= 4 is 44.9 Å². The Bertz CT molecular complexity index is 735. The molecule has 1 aliphatic rings. The van der Waals surface area contributed by atoms with E-state index in [4.69, 9.17) is 27.9 Å². The topological polar surface area (TPSA) is 80.8 Å². The average molecular weight is 380 g/mol. The number of esters is 1. The van der Waals surface area contributed by atoms with Crippen molar-refractivity contribution in [2.24, 2.45) is 0 Å². The van der Waals surface area contributed by atoms with Gasteiger partial charge in [0, 0.05) is 13.1 Å². The Labute approximate surface area is 144 Å². The van der Waals surface area contributed by atoms with Crippen LogP contribution in [0, 0.1) is 0 Å². The van der Waals surface area contributed by atoms with Crippen molar-refractivity contribution in [2.45, 2.75) is 12.5 Å². The lowest BCUT2D eigenvalue weighted by Gasteiger charge is -2.23. The van der Waals surface area contributed by atoms with Crippen LogP contribution in [0.3, 0.4) is 0 Å². The molecule has 1 fully saturated rings. The van der Waals surface area contributed by atoms with Gasteiger partial charge in [0.15, 0.2) is 16.4 Å². The third kappa shape index (κ3) is 4.37. The molecule has 0 unspecified atom stereocenters. The third-order valence-electron chi connectivity index (χ3n) is 3.65. The first kappa shape index (κ1) is 18.0. The minimum absolute atomic E-state index is 0.0573. The fraction of sp³-hybridized carbons (Fsp3) is 0.429. The second-order valence-corrected chi connectivity index (χ2v) is 8.25. The van der Waals surface area contributed by atoms with Crippen molar-refractivity contribution < 1.29 is 22.7 Å². The molecule has 1 aromatic carbocycles. The number of likely N-dealkylation sites (N-methyl/N-ethyl adjacent to an activating group) is 1. The maximum Gasteiger partial charge on any atom is 0.340 e. The molecule has 0 aromatic heterocycles. The number of ether oxygens (including phenoxy) is 1. The lowest BCUT2D eigenvalue weighted by molar-refractivity contribution is -0.134. The van der Waals surface area contributed by atoms with Crippen LogP contribution in [0.2, 0.25) is 10.0 Å². The standard InChI is InChI=1S/C14H15Cl2NO5S/c1-17(9-5-6-23(20,21)8-9)12(18)7-22-14(19)10-3-2-4-11(15)13(10)16/h2-4,9H,5-8H2,1H3/t9-/m1/s1. The first-order valence-electron chi connectivity index (χ1n) is 6.78. The van der Waals surface area contributed by atoms with Crippen molar-refractivity contribution in [2.75, 3.05) is 25.2 Å². The van der Waals surface area contributed by atoms with Crippen molar-refractivity contribution in [1.82, 2.24) is 4.90 Å². The van der Waals surface area contributed by atoms with Crippen LogP contribution >= 0.6 is 23.2 Å². The predicted octanol–water partition coefficient (Wildman–Crippen LogP) is 1.80. The number of hydrogen-bond donors (Lipinski definition) is 0. The van der Waals surface area contributed by atoms with Gasteiger partial charge in [-0.3, -0.25) is 4.79 Å². The summed E-state index contributed by atoms with van der Waals surface area (Å²) in [5.41, 5.74) is 0.0677. The van der Waals surface area contributed by atoms with E-state index >= 15 is 0 Å². The van der Waals surface area contributed by atoms with Gasteiger partial charge in [-0.25, -0.2) is 13.2 Å². The molecule has 126 valence electrons. The van der Waals surface area contributed by atoms with Gasteiger partial charge >= 0.3 is 5.97 Å². The van der Waals surface area contributed by atoms with Gasteiger partial charge in [-0.1, -0.05) is 29.3 Å². The summed E-state index contributed by atoms with van der Waals surface area (Å²) in [6.45, 7) is -0.491. The molecular formula is C14H15Cl2NO5S. The Balaban J connectivity index is 1.94.